The Hall–Kier alpha value is -1.59. The molecule has 0 unspecified atom stereocenters. The van der Waals surface area contributed by atoms with Crippen LogP contribution in [0, 0.1) is 5.82 Å². The van der Waals surface area contributed by atoms with Crippen molar-refractivity contribution in [2.45, 2.75) is 6.54 Å². The third-order valence-corrected chi connectivity index (χ3v) is 3.73. The Morgan fingerprint density at radius 3 is 3.00 bits per heavy atom. The summed E-state index contributed by atoms with van der Waals surface area (Å²) in [5.41, 5.74) is 1.42. The summed E-state index contributed by atoms with van der Waals surface area (Å²) < 4.78 is 13.8. The lowest BCUT2D eigenvalue weighted by Crippen LogP contribution is -1.98. The zero-order valence-electron chi connectivity index (χ0n) is 9.21. The highest BCUT2D eigenvalue weighted by atomic mass is 35.5. The number of hydrogen-bond acceptors (Lipinski definition) is 3. The number of H-pyrrole nitrogens is 1. The van der Waals surface area contributed by atoms with E-state index in [4.69, 9.17) is 11.6 Å². The van der Waals surface area contributed by atoms with Crippen LogP contribution in [0.25, 0.3) is 11.0 Å². The molecule has 2 heterocycles. The van der Waals surface area contributed by atoms with Crippen LogP contribution in [-0.2, 0) is 6.54 Å². The van der Waals surface area contributed by atoms with Gasteiger partial charge in [0.05, 0.1) is 21.9 Å². The smallest absolute Gasteiger partial charge is 0.201 e. The Morgan fingerprint density at radius 2 is 2.22 bits per heavy atom. The van der Waals surface area contributed by atoms with Crippen LogP contribution in [-0.4, -0.2) is 9.97 Å². The van der Waals surface area contributed by atoms with Gasteiger partial charge in [-0.3, -0.25) is 0 Å². The molecule has 0 atom stereocenters. The van der Waals surface area contributed by atoms with Gasteiger partial charge in [0, 0.05) is 4.88 Å². The molecule has 0 radical (unpaired) electrons. The van der Waals surface area contributed by atoms with Crippen molar-refractivity contribution in [1.82, 2.24) is 9.97 Å². The molecule has 3 rings (SSSR count). The highest BCUT2D eigenvalue weighted by molar-refractivity contribution is 7.16. The van der Waals surface area contributed by atoms with Crippen LogP contribution in [0.4, 0.5) is 10.3 Å². The van der Waals surface area contributed by atoms with Gasteiger partial charge < -0.3 is 10.3 Å². The van der Waals surface area contributed by atoms with Crippen molar-refractivity contribution in [3.8, 4) is 0 Å². The van der Waals surface area contributed by atoms with E-state index in [1.807, 2.05) is 12.1 Å². The fourth-order valence-electron chi connectivity index (χ4n) is 1.68. The maximum Gasteiger partial charge on any atom is 0.201 e. The molecule has 1 aromatic carbocycles. The van der Waals surface area contributed by atoms with Crippen LogP contribution in [0.15, 0.2) is 30.3 Å². The zero-order chi connectivity index (χ0) is 12.5. The Morgan fingerprint density at radius 1 is 1.33 bits per heavy atom. The molecular formula is C12H9ClFN3S. The maximum atomic E-state index is 13.0. The summed E-state index contributed by atoms with van der Waals surface area (Å²) in [5, 5.41) is 3.15. The number of thiophene rings is 1. The van der Waals surface area contributed by atoms with Crippen LogP contribution in [0.1, 0.15) is 4.88 Å². The van der Waals surface area contributed by atoms with Gasteiger partial charge in [-0.25, -0.2) is 9.37 Å². The van der Waals surface area contributed by atoms with Gasteiger partial charge in [0.1, 0.15) is 5.82 Å². The number of anilines is 1. The quantitative estimate of drug-likeness (QED) is 0.761. The number of rotatable bonds is 3. The Bertz CT molecular complexity index is 692. The van der Waals surface area contributed by atoms with Gasteiger partial charge in [-0.05, 0) is 30.3 Å². The van der Waals surface area contributed by atoms with Crippen molar-refractivity contribution < 1.29 is 4.39 Å². The van der Waals surface area contributed by atoms with Crippen LogP contribution in [0.2, 0.25) is 4.34 Å². The van der Waals surface area contributed by atoms with Crippen molar-refractivity contribution in [3.05, 3.63) is 45.4 Å². The van der Waals surface area contributed by atoms with Gasteiger partial charge in [0.15, 0.2) is 0 Å². The molecule has 18 heavy (non-hydrogen) atoms. The first kappa shape index (κ1) is 11.5. The summed E-state index contributed by atoms with van der Waals surface area (Å²) in [6.45, 7) is 0.639. The van der Waals surface area contributed by atoms with E-state index in [0.29, 0.717) is 18.0 Å². The predicted molar refractivity (Wildman–Crippen MR) is 72.7 cm³/mol. The molecule has 0 aliphatic rings. The predicted octanol–water partition coefficient (Wildman–Crippen LogP) is 4.03. The standard InChI is InChI=1S/C12H9ClFN3S/c13-11-4-2-8(18-11)6-15-12-16-9-3-1-7(14)5-10(9)17-12/h1-5H,6H2,(H2,15,16,17). The largest absolute Gasteiger partial charge is 0.351 e. The third kappa shape index (κ3) is 2.32. The van der Waals surface area contributed by atoms with Gasteiger partial charge in [0.2, 0.25) is 5.95 Å². The van der Waals surface area contributed by atoms with E-state index in [0.717, 1.165) is 14.7 Å². The Labute approximate surface area is 112 Å². The van der Waals surface area contributed by atoms with E-state index in [1.165, 1.54) is 23.5 Å². The molecule has 0 bridgehead atoms. The lowest BCUT2D eigenvalue weighted by atomic mass is 10.3. The minimum atomic E-state index is -0.275. The first-order valence-corrected chi connectivity index (χ1v) is 6.53. The molecule has 0 aliphatic carbocycles. The first-order valence-electron chi connectivity index (χ1n) is 5.34. The maximum absolute atomic E-state index is 13.0. The molecule has 0 saturated heterocycles. The Kier molecular flexibility index (Phi) is 2.93. The minimum Gasteiger partial charge on any atom is -0.351 e. The molecule has 0 saturated carbocycles. The van der Waals surface area contributed by atoms with E-state index < -0.39 is 0 Å². The van der Waals surface area contributed by atoms with Crippen LogP contribution in [0.3, 0.4) is 0 Å². The molecule has 3 nitrogen and oxygen atoms in total. The molecule has 3 aromatic rings. The summed E-state index contributed by atoms with van der Waals surface area (Å²) >= 11 is 7.37. The van der Waals surface area contributed by atoms with Crippen LogP contribution < -0.4 is 5.32 Å². The second kappa shape index (κ2) is 4.59. The molecule has 92 valence electrons. The molecule has 6 heteroatoms. The van der Waals surface area contributed by atoms with Crippen molar-refractivity contribution in [2.24, 2.45) is 0 Å². The van der Waals surface area contributed by atoms with E-state index in [2.05, 4.69) is 15.3 Å². The number of fused-ring (bicyclic) bond motifs is 1. The van der Waals surface area contributed by atoms with E-state index in [-0.39, 0.29) is 5.82 Å². The third-order valence-electron chi connectivity index (χ3n) is 2.50. The average molecular weight is 282 g/mol. The number of benzene rings is 1. The van der Waals surface area contributed by atoms with Crippen molar-refractivity contribution in [1.29, 1.82) is 0 Å². The molecule has 0 amide bonds. The molecular weight excluding hydrogens is 273 g/mol. The molecule has 2 N–H and O–H groups in total. The SMILES string of the molecule is Fc1ccc2nc(NCc3ccc(Cl)s3)[nH]c2c1. The second-order valence-electron chi connectivity index (χ2n) is 3.81. The number of nitrogens with one attached hydrogen (secondary N) is 2. The normalized spacial score (nSPS) is 11.0. The van der Waals surface area contributed by atoms with Crippen molar-refractivity contribution in [3.63, 3.8) is 0 Å². The van der Waals surface area contributed by atoms with Crippen molar-refractivity contribution >= 4 is 39.9 Å². The molecule has 0 fully saturated rings. The fourth-order valence-corrected chi connectivity index (χ4v) is 2.71. The van der Waals surface area contributed by atoms with E-state index in [9.17, 15) is 4.39 Å². The van der Waals surface area contributed by atoms with Gasteiger partial charge >= 0.3 is 0 Å². The van der Waals surface area contributed by atoms with E-state index in [1.54, 1.807) is 6.07 Å². The summed E-state index contributed by atoms with van der Waals surface area (Å²) in [6, 6.07) is 8.29. The molecule has 0 aliphatic heterocycles. The highest BCUT2D eigenvalue weighted by Crippen LogP contribution is 2.22. The van der Waals surface area contributed by atoms with Gasteiger partial charge in [0.25, 0.3) is 0 Å². The minimum absolute atomic E-state index is 0.275. The summed E-state index contributed by atoms with van der Waals surface area (Å²) in [6.07, 6.45) is 0. The average Bonchev–Trinajstić information content (AvgIpc) is 2.92. The van der Waals surface area contributed by atoms with Crippen molar-refractivity contribution in [2.75, 3.05) is 5.32 Å². The number of halogens is 2. The van der Waals surface area contributed by atoms with Crippen LogP contribution >= 0.6 is 22.9 Å². The van der Waals surface area contributed by atoms with E-state index >= 15 is 0 Å². The number of imidazole rings is 1. The topological polar surface area (TPSA) is 40.7 Å². The summed E-state index contributed by atoms with van der Waals surface area (Å²) in [5.74, 6) is 0.350. The summed E-state index contributed by atoms with van der Waals surface area (Å²) in [4.78, 5) is 8.45. The van der Waals surface area contributed by atoms with Gasteiger partial charge in [-0.15, -0.1) is 11.3 Å². The number of aromatic nitrogens is 2. The lowest BCUT2D eigenvalue weighted by molar-refractivity contribution is 0.629. The molecule has 0 spiro atoms. The summed E-state index contributed by atoms with van der Waals surface area (Å²) in [7, 11) is 0. The lowest BCUT2D eigenvalue weighted by Gasteiger charge is -1.98. The molecule has 2 aromatic heterocycles. The van der Waals surface area contributed by atoms with Gasteiger partial charge in [-0.2, -0.15) is 0 Å². The monoisotopic (exact) mass is 281 g/mol. The Balaban J connectivity index is 1.78. The zero-order valence-corrected chi connectivity index (χ0v) is 10.8. The fraction of sp³-hybridized carbons (Fsp3) is 0.0833. The highest BCUT2D eigenvalue weighted by Gasteiger charge is 2.04. The second-order valence-corrected chi connectivity index (χ2v) is 5.61. The number of aromatic amines is 1. The number of nitrogens with zero attached hydrogens (tertiary/aromatic N) is 1. The first-order chi connectivity index (χ1) is 8.70. The van der Waals surface area contributed by atoms with Crippen LogP contribution in [0.5, 0.6) is 0 Å². The number of hydrogen-bond donors (Lipinski definition) is 2. The van der Waals surface area contributed by atoms with Gasteiger partial charge in [-0.1, -0.05) is 11.6 Å².